The van der Waals surface area contributed by atoms with Crippen molar-refractivity contribution in [2.75, 3.05) is 0 Å². The van der Waals surface area contributed by atoms with E-state index in [-0.39, 0.29) is 23.7 Å². The van der Waals surface area contributed by atoms with E-state index >= 15 is 0 Å². The second-order valence-corrected chi connectivity index (χ2v) is 5.93. The van der Waals surface area contributed by atoms with Crippen LogP contribution in [-0.2, 0) is 16.1 Å². The molecular weight excluding hydrogens is 250 g/mol. The number of allylic oxidation sites excluding steroid dienone is 2. The van der Waals surface area contributed by atoms with E-state index in [0.29, 0.717) is 6.54 Å². The molecule has 1 heterocycles. The topological polar surface area (TPSA) is 37.4 Å². The summed E-state index contributed by atoms with van der Waals surface area (Å²) < 4.78 is 0. The summed E-state index contributed by atoms with van der Waals surface area (Å²) in [6.07, 6.45) is 1.48. The Bertz CT molecular complexity index is 556. The molecule has 1 aliphatic heterocycles. The summed E-state index contributed by atoms with van der Waals surface area (Å²) in [5.74, 6) is -0.240. The van der Waals surface area contributed by atoms with E-state index in [9.17, 15) is 9.59 Å². The number of carbonyl (C=O) groups excluding carboxylic acids is 2. The number of hydrogen-bond acceptors (Lipinski definition) is 2. The number of fused-ring (bicyclic) bond motifs is 1. The third-order valence-electron chi connectivity index (χ3n) is 4.62. The third-order valence-corrected chi connectivity index (χ3v) is 4.62. The van der Waals surface area contributed by atoms with Crippen molar-refractivity contribution in [3.63, 3.8) is 0 Å². The van der Waals surface area contributed by atoms with Gasteiger partial charge in [0.05, 0.1) is 18.4 Å². The minimum absolute atomic E-state index is 0.00991. The van der Waals surface area contributed by atoms with Gasteiger partial charge < -0.3 is 0 Å². The van der Waals surface area contributed by atoms with Crippen LogP contribution in [0.1, 0.15) is 32.3 Å². The van der Waals surface area contributed by atoms with E-state index in [0.717, 1.165) is 18.4 Å². The molecule has 3 rings (SSSR count). The van der Waals surface area contributed by atoms with Crippen LogP contribution in [0.15, 0.2) is 41.5 Å². The van der Waals surface area contributed by atoms with Crippen LogP contribution in [0.4, 0.5) is 0 Å². The predicted molar refractivity (Wildman–Crippen MR) is 76.6 cm³/mol. The Morgan fingerprint density at radius 3 is 1.95 bits per heavy atom. The molecule has 2 aliphatic rings. The summed E-state index contributed by atoms with van der Waals surface area (Å²) in [5, 5.41) is 0. The van der Waals surface area contributed by atoms with Crippen LogP contribution in [0.25, 0.3) is 0 Å². The summed E-state index contributed by atoms with van der Waals surface area (Å²) in [5.41, 5.74) is 3.55. The van der Waals surface area contributed by atoms with Gasteiger partial charge in [0, 0.05) is 0 Å². The van der Waals surface area contributed by atoms with Crippen molar-refractivity contribution in [1.29, 1.82) is 0 Å². The summed E-state index contributed by atoms with van der Waals surface area (Å²) >= 11 is 0. The van der Waals surface area contributed by atoms with Gasteiger partial charge in [-0.25, -0.2) is 0 Å². The first-order chi connectivity index (χ1) is 9.58. The molecule has 0 radical (unpaired) electrons. The van der Waals surface area contributed by atoms with Gasteiger partial charge in [0.25, 0.3) is 0 Å². The van der Waals surface area contributed by atoms with Gasteiger partial charge in [-0.1, -0.05) is 41.5 Å². The molecule has 0 bridgehead atoms. The smallest absolute Gasteiger partial charge is 0.233 e. The summed E-state index contributed by atoms with van der Waals surface area (Å²) in [4.78, 5) is 26.4. The van der Waals surface area contributed by atoms with Gasteiger partial charge in [0.15, 0.2) is 0 Å². The van der Waals surface area contributed by atoms with Gasteiger partial charge >= 0.3 is 0 Å². The highest BCUT2D eigenvalue weighted by Gasteiger charge is 2.48. The number of amides is 2. The third kappa shape index (κ3) is 2.07. The van der Waals surface area contributed by atoms with Gasteiger partial charge in [-0.3, -0.25) is 14.5 Å². The van der Waals surface area contributed by atoms with Gasteiger partial charge in [-0.2, -0.15) is 0 Å². The minimum atomic E-state index is -0.130. The number of imide groups is 1. The van der Waals surface area contributed by atoms with E-state index in [1.807, 2.05) is 30.3 Å². The molecule has 104 valence electrons. The summed E-state index contributed by atoms with van der Waals surface area (Å²) in [7, 11) is 0. The molecule has 0 saturated carbocycles. The van der Waals surface area contributed by atoms with Crippen LogP contribution in [0.2, 0.25) is 0 Å². The Morgan fingerprint density at radius 2 is 1.45 bits per heavy atom. The van der Waals surface area contributed by atoms with E-state index in [1.54, 1.807) is 0 Å². The Kier molecular flexibility index (Phi) is 3.20. The highest BCUT2D eigenvalue weighted by Crippen LogP contribution is 2.41. The molecular formula is C17H19NO2. The van der Waals surface area contributed by atoms with E-state index in [1.165, 1.54) is 16.0 Å². The SMILES string of the molecule is CC1=C(C)C[C@H]2C(=O)N(Cc3ccccc3)C(=O)[C@H]2C1. The van der Waals surface area contributed by atoms with Gasteiger partial charge in [0.1, 0.15) is 0 Å². The highest BCUT2D eigenvalue weighted by molar-refractivity contribution is 6.05. The maximum Gasteiger partial charge on any atom is 0.233 e. The monoisotopic (exact) mass is 269 g/mol. The maximum absolute atomic E-state index is 12.5. The van der Waals surface area contributed by atoms with E-state index in [4.69, 9.17) is 0 Å². The molecule has 1 saturated heterocycles. The second kappa shape index (κ2) is 4.89. The van der Waals surface area contributed by atoms with E-state index < -0.39 is 0 Å². The molecule has 3 heteroatoms. The number of rotatable bonds is 2. The first kappa shape index (κ1) is 13.1. The average Bonchev–Trinajstić information content (AvgIpc) is 2.66. The standard InChI is InChI=1S/C17H19NO2/c1-11-8-14-15(9-12(11)2)17(20)18(16(14)19)10-13-6-4-3-5-7-13/h3-7,14-15H,8-10H2,1-2H3/t14-,15+. The fraction of sp³-hybridized carbons (Fsp3) is 0.412. The quantitative estimate of drug-likeness (QED) is 0.611. The molecule has 0 unspecified atom stereocenters. The second-order valence-electron chi connectivity index (χ2n) is 5.93. The lowest BCUT2D eigenvalue weighted by Gasteiger charge is -2.23. The van der Waals surface area contributed by atoms with Crippen molar-refractivity contribution >= 4 is 11.8 Å². The molecule has 0 spiro atoms. The zero-order valence-electron chi connectivity index (χ0n) is 11.9. The molecule has 20 heavy (non-hydrogen) atoms. The minimum Gasteiger partial charge on any atom is -0.278 e. The highest BCUT2D eigenvalue weighted by atomic mass is 16.2. The molecule has 1 aliphatic carbocycles. The normalized spacial score (nSPS) is 26.2. The Balaban J connectivity index is 1.83. The van der Waals surface area contributed by atoms with Crippen molar-refractivity contribution in [1.82, 2.24) is 4.90 Å². The molecule has 0 aromatic heterocycles. The summed E-state index contributed by atoms with van der Waals surface area (Å²) in [6, 6.07) is 9.72. The van der Waals surface area contributed by atoms with Crippen LogP contribution >= 0.6 is 0 Å². The van der Waals surface area contributed by atoms with Crippen LogP contribution in [0.5, 0.6) is 0 Å². The number of likely N-dealkylation sites (tertiary alicyclic amines) is 1. The first-order valence-electron chi connectivity index (χ1n) is 7.12. The zero-order chi connectivity index (χ0) is 14.3. The largest absolute Gasteiger partial charge is 0.278 e. The van der Waals surface area contributed by atoms with Gasteiger partial charge in [-0.05, 0) is 32.3 Å². The van der Waals surface area contributed by atoms with Crippen LogP contribution in [0, 0.1) is 11.8 Å². The van der Waals surface area contributed by atoms with Crippen molar-refractivity contribution in [2.24, 2.45) is 11.8 Å². The molecule has 1 fully saturated rings. The average molecular weight is 269 g/mol. The van der Waals surface area contributed by atoms with Crippen molar-refractivity contribution in [2.45, 2.75) is 33.2 Å². The first-order valence-corrected chi connectivity index (χ1v) is 7.12. The Hall–Kier alpha value is -1.90. The Labute approximate surface area is 119 Å². The van der Waals surface area contributed by atoms with E-state index in [2.05, 4.69) is 13.8 Å². The maximum atomic E-state index is 12.5. The van der Waals surface area contributed by atoms with Crippen LogP contribution in [0.3, 0.4) is 0 Å². The molecule has 1 aromatic carbocycles. The molecule has 1 aromatic rings. The van der Waals surface area contributed by atoms with Crippen LogP contribution < -0.4 is 0 Å². The fourth-order valence-corrected chi connectivity index (χ4v) is 3.24. The summed E-state index contributed by atoms with van der Waals surface area (Å²) in [6.45, 7) is 4.55. The van der Waals surface area contributed by atoms with Crippen LogP contribution in [-0.4, -0.2) is 16.7 Å². The molecule has 3 nitrogen and oxygen atoms in total. The number of hydrogen-bond donors (Lipinski definition) is 0. The van der Waals surface area contributed by atoms with Gasteiger partial charge in [-0.15, -0.1) is 0 Å². The predicted octanol–water partition coefficient (Wildman–Crippen LogP) is 2.92. The molecule has 0 N–H and O–H groups in total. The van der Waals surface area contributed by atoms with Crippen molar-refractivity contribution < 1.29 is 9.59 Å². The molecule has 2 amide bonds. The van der Waals surface area contributed by atoms with Gasteiger partial charge in [0.2, 0.25) is 11.8 Å². The lowest BCUT2D eigenvalue weighted by atomic mass is 9.78. The Morgan fingerprint density at radius 1 is 0.950 bits per heavy atom. The number of nitrogens with zero attached hydrogens (tertiary/aromatic N) is 1. The number of carbonyl (C=O) groups is 2. The zero-order valence-corrected chi connectivity index (χ0v) is 11.9. The number of benzene rings is 1. The lowest BCUT2D eigenvalue weighted by molar-refractivity contribution is -0.140. The van der Waals surface area contributed by atoms with Crippen molar-refractivity contribution in [3.8, 4) is 0 Å². The lowest BCUT2D eigenvalue weighted by Crippen LogP contribution is -2.30. The van der Waals surface area contributed by atoms with Crippen molar-refractivity contribution in [3.05, 3.63) is 47.0 Å². The fourth-order valence-electron chi connectivity index (χ4n) is 3.24. The molecule has 2 atom stereocenters.